The van der Waals surface area contributed by atoms with Gasteiger partial charge in [-0.05, 0) is 42.7 Å². The molecule has 1 aromatic rings. The molecule has 0 bridgehead atoms. The van der Waals surface area contributed by atoms with Crippen LogP contribution in [0.2, 0.25) is 0 Å². The van der Waals surface area contributed by atoms with Gasteiger partial charge < -0.3 is 10.1 Å². The van der Waals surface area contributed by atoms with Gasteiger partial charge >= 0.3 is 0 Å². The van der Waals surface area contributed by atoms with Crippen molar-refractivity contribution in [1.82, 2.24) is 5.32 Å². The fourth-order valence-electron chi connectivity index (χ4n) is 2.84. The Hall–Kier alpha value is -0.860. The van der Waals surface area contributed by atoms with Crippen molar-refractivity contribution < 1.29 is 4.74 Å². The van der Waals surface area contributed by atoms with E-state index >= 15 is 0 Å². The van der Waals surface area contributed by atoms with E-state index in [9.17, 15) is 0 Å². The van der Waals surface area contributed by atoms with Crippen LogP contribution >= 0.6 is 0 Å². The lowest BCUT2D eigenvalue weighted by Crippen LogP contribution is -2.27. The molecule has 1 aliphatic carbocycles. The largest absolute Gasteiger partial charge is 0.380 e. The van der Waals surface area contributed by atoms with E-state index < -0.39 is 0 Å². The minimum Gasteiger partial charge on any atom is -0.380 e. The molecule has 0 saturated heterocycles. The van der Waals surface area contributed by atoms with Crippen LogP contribution in [0.25, 0.3) is 0 Å². The van der Waals surface area contributed by atoms with Crippen molar-refractivity contribution in [2.75, 3.05) is 26.3 Å². The third-order valence-corrected chi connectivity index (χ3v) is 3.95. The van der Waals surface area contributed by atoms with E-state index in [2.05, 4.69) is 36.5 Å². The first-order chi connectivity index (χ1) is 9.42. The lowest BCUT2D eigenvalue weighted by Gasteiger charge is -2.25. The summed E-state index contributed by atoms with van der Waals surface area (Å²) in [4.78, 5) is 0. The summed E-state index contributed by atoms with van der Waals surface area (Å²) in [6.07, 6.45) is 6.30. The Bertz CT molecular complexity index is 364. The molecule has 19 heavy (non-hydrogen) atoms. The second-order valence-electron chi connectivity index (χ2n) is 5.46. The maximum Gasteiger partial charge on any atom is 0.0590 e. The Morgan fingerprint density at radius 1 is 1.26 bits per heavy atom. The highest BCUT2D eigenvalue weighted by molar-refractivity contribution is 5.32. The summed E-state index contributed by atoms with van der Waals surface area (Å²) < 4.78 is 5.57. The van der Waals surface area contributed by atoms with E-state index in [1.165, 1.54) is 32.1 Å². The molecule has 0 radical (unpaired) electrons. The van der Waals surface area contributed by atoms with Gasteiger partial charge in [0.25, 0.3) is 0 Å². The molecule has 106 valence electrons. The van der Waals surface area contributed by atoms with E-state index in [-0.39, 0.29) is 0 Å². The number of nitrogens with one attached hydrogen (secondary N) is 1. The van der Waals surface area contributed by atoms with Crippen LogP contribution in [0.4, 0.5) is 0 Å². The summed E-state index contributed by atoms with van der Waals surface area (Å²) in [5.41, 5.74) is 3.12. The number of unbranched alkanes of at least 4 members (excludes halogenated alkanes) is 1. The molecule has 0 aliphatic heterocycles. The van der Waals surface area contributed by atoms with Crippen molar-refractivity contribution in [2.45, 2.75) is 44.9 Å². The van der Waals surface area contributed by atoms with Crippen molar-refractivity contribution in [2.24, 2.45) is 0 Å². The highest BCUT2D eigenvalue weighted by Gasteiger charge is 2.18. The van der Waals surface area contributed by atoms with Gasteiger partial charge in [-0.25, -0.2) is 0 Å². The third-order valence-electron chi connectivity index (χ3n) is 3.95. The second kappa shape index (κ2) is 8.34. The minimum atomic E-state index is 0.695. The van der Waals surface area contributed by atoms with Crippen LogP contribution < -0.4 is 5.32 Å². The van der Waals surface area contributed by atoms with Gasteiger partial charge in [0.05, 0.1) is 6.61 Å². The van der Waals surface area contributed by atoms with Crippen LogP contribution in [-0.2, 0) is 11.2 Å². The number of aryl methyl sites for hydroxylation is 1. The second-order valence-corrected chi connectivity index (χ2v) is 5.46. The van der Waals surface area contributed by atoms with Crippen LogP contribution in [0.15, 0.2) is 24.3 Å². The average molecular weight is 261 g/mol. The molecular formula is C17H27NO. The van der Waals surface area contributed by atoms with Gasteiger partial charge in [-0.2, -0.15) is 0 Å². The predicted molar refractivity (Wildman–Crippen MR) is 80.7 cm³/mol. The molecule has 0 spiro atoms. The fraction of sp³-hybridized carbons (Fsp3) is 0.647. The molecule has 0 aromatic heterocycles. The number of hydrogen-bond donors (Lipinski definition) is 1. The number of fused-ring (bicyclic) bond motifs is 1. The zero-order valence-corrected chi connectivity index (χ0v) is 12.2. The maximum atomic E-state index is 5.57. The van der Waals surface area contributed by atoms with Crippen LogP contribution in [0.1, 0.15) is 49.7 Å². The predicted octanol–water partition coefficient (Wildman–Crippen LogP) is 3.51. The molecule has 1 unspecified atom stereocenters. The van der Waals surface area contributed by atoms with Gasteiger partial charge in [0.2, 0.25) is 0 Å². The molecule has 1 atom stereocenters. The molecule has 0 amide bonds. The van der Waals surface area contributed by atoms with Gasteiger partial charge in [-0.15, -0.1) is 0 Å². The van der Waals surface area contributed by atoms with Crippen molar-refractivity contribution in [3.63, 3.8) is 0 Å². The van der Waals surface area contributed by atoms with Gasteiger partial charge in [0.15, 0.2) is 0 Å². The van der Waals surface area contributed by atoms with Crippen LogP contribution in [-0.4, -0.2) is 26.3 Å². The maximum absolute atomic E-state index is 5.57. The van der Waals surface area contributed by atoms with Gasteiger partial charge in [-0.3, -0.25) is 0 Å². The molecule has 1 aromatic carbocycles. The van der Waals surface area contributed by atoms with Gasteiger partial charge in [0.1, 0.15) is 0 Å². The smallest absolute Gasteiger partial charge is 0.0590 e. The number of benzene rings is 1. The molecule has 2 heteroatoms. The summed E-state index contributed by atoms with van der Waals surface area (Å²) in [7, 11) is 0. The zero-order chi connectivity index (χ0) is 13.3. The Balaban J connectivity index is 1.67. The molecule has 2 nitrogen and oxygen atoms in total. The first kappa shape index (κ1) is 14.5. The summed E-state index contributed by atoms with van der Waals surface area (Å²) in [5.74, 6) is 0.695. The summed E-state index contributed by atoms with van der Waals surface area (Å²) in [5, 5.41) is 3.55. The Labute approximate surface area is 117 Å². The SMILES string of the molecule is CCCCOCCNCC1CCCc2ccccc21. The van der Waals surface area contributed by atoms with Gasteiger partial charge in [-0.1, -0.05) is 37.6 Å². The Kier molecular flexibility index (Phi) is 6.38. The molecule has 0 heterocycles. The van der Waals surface area contributed by atoms with Gasteiger partial charge in [0, 0.05) is 19.7 Å². The Morgan fingerprint density at radius 3 is 3.05 bits per heavy atom. The summed E-state index contributed by atoms with van der Waals surface area (Å²) in [6, 6.07) is 8.93. The molecule has 0 fully saturated rings. The van der Waals surface area contributed by atoms with Crippen LogP contribution in [0.5, 0.6) is 0 Å². The molecule has 0 saturated carbocycles. The third kappa shape index (κ3) is 4.63. The van der Waals surface area contributed by atoms with Crippen molar-refractivity contribution >= 4 is 0 Å². The number of hydrogen-bond acceptors (Lipinski definition) is 2. The van der Waals surface area contributed by atoms with Crippen LogP contribution in [0, 0.1) is 0 Å². The summed E-state index contributed by atoms with van der Waals surface area (Å²) in [6.45, 7) is 6.01. The van der Waals surface area contributed by atoms with Crippen molar-refractivity contribution in [3.8, 4) is 0 Å². The number of ether oxygens (including phenoxy) is 1. The standard InChI is InChI=1S/C17H27NO/c1-2-3-12-19-13-11-18-14-16-9-6-8-15-7-4-5-10-17(15)16/h4-5,7,10,16,18H,2-3,6,8-9,11-14H2,1H3. The summed E-state index contributed by atoms with van der Waals surface area (Å²) >= 11 is 0. The van der Waals surface area contributed by atoms with E-state index in [0.717, 1.165) is 26.3 Å². The monoisotopic (exact) mass is 261 g/mol. The highest BCUT2D eigenvalue weighted by atomic mass is 16.5. The van der Waals surface area contributed by atoms with E-state index in [1.54, 1.807) is 11.1 Å². The van der Waals surface area contributed by atoms with E-state index in [4.69, 9.17) is 4.74 Å². The fourth-order valence-corrected chi connectivity index (χ4v) is 2.84. The molecular weight excluding hydrogens is 234 g/mol. The van der Waals surface area contributed by atoms with Crippen LogP contribution in [0.3, 0.4) is 0 Å². The van der Waals surface area contributed by atoms with E-state index in [1.807, 2.05) is 0 Å². The van der Waals surface area contributed by atoms with E-state index in [0.29, 0.717) is 5.92 Å². The van der Waals surface area contributed by atoms with Crippen molar-refractivity contribution in [1.29, 1.82) is 0 Å². The minimum absolute atomic E-state index is 0.695. The lowest BCUT2D eigenvalue weighted by molar-refractivity contribution is 0.132. The topological polar surface area (TPSA) is 21.3 Å². The Morgan fingerprint density at radius 2 is 2.16 bits per heavy atom. The lowest BCUT2D eigenvalue weighted by atomic mass is 9.83. The van der Waals surface area contributed by atoms with Crippen molar-refractivity contribution in [3.05, 3.63) is 35.4 Å². The zero-order valence-electron chi connectivity index (χ0n) is 12.2. The first-order valence-corrected chi connectivity index (χ1v) is 7.78. The average Bonchev–Trinajstić information content (AvgIpc) is 2.46. The highest BCUT2D eigenvalue weighted by Crippen LogP contribution is 2.30. The quantitative estimate of drug-likeness (QED) is 0.723. The molecule has 1 aliphatic rings. The number of rotatable bonds is 8. The normalized spacial score (nSPS) is 18.3. The molecule has 1 N–H and O–H groups in total. The first-order valence-electron chi connectivity index (χ1n) is 7.78. The molecule has 2 rings (SSSR count).